The van der Waals surface area contributed by atoms with Crippen LogP contribution in [-0.2, 0) is 20.7 Å². The highest BCUT2D eigenvalue weighted by Crippen LogP contribution is 2.30. The van der Waals surface area contributed by atoms with Crippen molar-refractivity contribution in [3.05, 3.63) is 35.4 Å². The van der Waals surface area contributed by atoms with Crippen molar-refractivity contribution in [3.8, 4) is 0 Å². The topological polar surface area (TPSA) is 76.1 Å². The average molecular weight is 305 g/mol. The number of hydrogen-bond donors (Lipinski definition) is 1. The van der Waals surface area contributed by atoms with E-state index in [1.807, 2.05) is 4.90 Å². The predicted octanol–water partition coefficient (Wildman–Crippen LogP) is 0.945. The van der Waals surface area contributed by atoms with Crippen molar-refractivity contribution in [2.75, 3.05) is 33.0 Å². The fourth-order valence-electron chi connectivity index (χ4n) is 3.08. The van der Waals surface area contributed by atoms with Gasteiger partial charge in [0.15, 0.2) is 0 Å². The smallest absolute Gasteiger partial charge is 0.335 e. The molecule has 2 aliphatic rings. The fourth-order valence-corrected chi connectivity index (χ4v) is 3.08. The summed E-state index contributed by atoms with van der Waals surface area (Å²) >= 11 is 0. The molecule has 1 spiro atoms. The van der Waals surface area contributed by atoms with Crippen molar-refractivity contribution < 1.29 is 24.2 Å². The largest absolute Gasteiger partial charge is 0.478 e. The van der Waals surface area contributed by atoms with E-state index in [4.69, 9.17) is 14.6 Å². The molecule has 1 atom stereocenters. The lowest BCUT2D eigenvalue weighted by atomic mass is 9.94. The van der Waals surface area contributed by atoms with Gasteiger partial charge in [-0.15, -0.1) is 0 Å². The summed E-state index contributed by atoms with van der Waals surface area (Å²) in [6.07, 6.45) is 1.07. The van der Waals surface area contributed by atoms with Gasteiger partial charge in [0.1, 0.15) is 0 Å². The Balaban J connectivity index is 1.71. The van der Waals surface area contributed by atoms with Crippen molar-refractivity contribution in [1.29, 1.82) is 0 Å². The number of carboxylic acids is 1. The van der Waals surface area contributed by atoms with E-state index in [0.717, 1.165) is 12.0 Å². The molecule has 2 aliphatic heterocycles. The van der Waals surface area contributed by atoms with Crippen LogP contribution in [0.5, 0.6) is 0 Å². The van der Waals surface area contributed by atoms with Crippen LogP contribution in [0.15, 0.2) is 24.3 Å². The zero-order valence-corrected chi connectivity index (χ0v) is 12.3. The minimum atomic E-state index is -0.965. The molecule has 2 fully saturated rings. The molecule has 1 unspecified atom stereocenters. The van der Waals surface area contributed by atoms with Crippen LogP contribution in [0.25, 0.3) is 0 Å². The van der Waals surface area contributed by atoms with E-state index in [1.54, 1.807) is 12.1 Å². The average Bonchev–Trinajstić information content (AvgIpc) is 2.97. The van der Waals surface area contributed by atoms with Gasteiger partial charge in [0, 0.05) is 13.2 Å². The third kappa shape index (κ3) is 2.84. The summed E-state index contributed by atoms with van der Waals surface area (Å²) in [5.74, 6) is -0.926. The SMILES string of the molecule is O=C(O)c1ccc(CC(=O)N2CCOCC23CCOC3)cc1. The highest BCUT2D eigenvalue weighted by molar-refractivity contribution is 5.87. The summed E-state index contributed by atoms with van der Waals surface area (Å²) in [5.41, 5.74) is 0.717. The van der Waals surface area contributed by atoms with Crippen LogP contribution in [0.2, 0.25) is 0 Å². The van der Waals surface area contributed by atoms with Gasteiger partial charge in [-0.1, -0.05) is 12.1 Å². The Morgan fingerprint density at radius 2 is 1.82 bits per heavy atom. The second-order valence-electron chi connectivity index (χ2n) is 5.80. The summed E-state index contributed by atoms with van der Waals surface area (Å²) in [5, 5.41) is 8.90. The maximum Gasteiger partial charge on any atom is 0.335 e. The van der Waals surface area contributed by atoms with Crippen LogP contribution < -0.4 is 0 Å². The number of morpholine rings is 1. The number of nitrogens with zero attached hydrogens (tertiary/aromatic N) is 1. The molecule has 6 nitrogen and oxygen atoms in total. The number of rotatable bonds is 3. The van der Waals surface area contributed by atoms with E-state index in [2.05, 4.69) is 0 Å². The Kier molecular flexibility index (Phi) is 4.13. The first-order valence-corrected chi connectivity index (χ1v) is 7.39. The molecular formula is C16H19NO5. The van der Waals surface area contributed by atoms with Crippen LogP contribution in [0, 0.1) is 0 Å². The van der Waals surface area contributed by atoms with E-state index in [-0.39, 0.29) is 23.4 Å². The van der Waals surface area contributed by atoms with Gasteiger partial charge in [-0.2, -0.15) is 0 Å². The van der Waals surface area contributed by atoms with Crippen LogP contribution in [0.3, 0.4) is 0 Å². The molecule has 1 aromatic carbocycles. The zero-order chi connectivity index (χ0) is 15.6. The molecule has 6 heteroatoms. The van der Waals surface area contributed by atoms with E-state index in [9.17, 15) is 9.59 Å². The number of carboxylic acid groups (broad SMARTS) is 1. The Labute approximate surface area is 128 Å². The molecule has 0 radical (unpaired) electrons. The molecular weight excluding hydrogens is 286 g/mol. The van der Waals surface area contributed by atoms with Crippen molar-refractivity contribution in [1.82, 2.24) is 4.90 Å². The van der Waals surface area contributed by atoms with Gasteiger partial charge in [0.25, 0.3) is 0 Å². The summed E-state index contributed by atoms with van der Waals surface area (Å²) in [4.78, 5) is 25.4. The molecule has 1 amide bonds. The highest BCUT2D eigenvalue weighted by atomic mass is 16.5. The third-order valence-electron chi connectivity index (χ3n) is 4.34. The molecule has 1 N–H and O–H groups in total. The highest BCUT2D eigenvalue weighted by Gasteiger charge is 2.45. The second-order valence-corrected chi connectivity index (χ2v) is 5.80. The fraction of sp³-hybridized carbons (Fsp3) is 0.500. The van der Waals surface area contributed by atoms with Crippen LogP contribution in [-0.4, -0.2) is 60.4 Å². The Bertz CT molecular complexity index is 562. The number of amides is 1. The summed E-state index contributed by atoms with van der Waals surface area (Å²) in [7, 11) is 0. The number of ether oxygens (including phenoxy) is 2. The Morgan fingerprint density at radius 3 is 2.45 bits per heavy atom. The maximum absolute atomic E-state index is 12.6. The summed E-state index contributed by atoms with van der Waals surface area (Å²) < 4.78 is 11.0. The van der Waals surface area contributed by atoms with Gasteiger partial charge in [-0.3, -0.25) is 4.79 Å². The molecule has 3 rings (SSSR count). The maximum atomic E-state index is 12.6. The van der Waals surface area contributed by atoms with Gasteiger partial charge in [-0.25, -0.2) is 4.79 Å². The van der Waals surface area contributed by atoms with E-state index < -0.39 is 5.97 Å². The first kappa shape index (κ1) is 15.0. The first-order valence-electron chi connectivity index (χ1n) is 7.39. The van der Waals surface area contributed by atoms with Crippen molar-refractivity contribution in [2.45, 2.75) is 18.4 Å². The molecule has 0 aliphatic carbocycles. The van der Waals surface area contributed by atoms with Crippen molar-refractivity contribution in [2.24, 2.45) is 0 Å². The standard InChI is InChI=1S/C16H19NO5/c18-14(9-12-1-3-13(4-2-12)15(19)20)17-6-8-22-11-16(17)5-7-21-10-16/h1-4H,5-11H2,(H,19,20). The lowest BCUT2D eigenvalue weighted by molar-refractivity contribution is -0.148. The summed E-state index contributed by atoms with van der Waals surface area (Å²) in [6.45, 7) is 2.83. The van der Waals surface area contributed by atoms with Gasteiger partial charge in [-0.05, 0) is 24.1 Å². The van der Waals surface area contributed by atoms with Crippen LogP contribution >= 0.6 is 0 Å². The minimum absolute atomic E-state index is 0.0388. The number of carbonyl (C=O) groups excluding carboxylic acids is 1. The number of hydrogen-bond acceptors (Lipinski definition) is 4. The van der Waals surface area contributed by atoms with Gasteiger partial charge in [0.2, 0.25) is 5.91 Å². The zero-order valence-electron chi connectivity index (χ0n) is 12.3. The Hall–Kier alpha value is -1.92. The monoisotopic (exact) mass is 305 g/mol. The predicted molar refractivity (Wildman–Crippen MR) is 77.8 cm³/mol. The van der Waals surface area contributed by atoms with E-state index in [1.165, 1.54) is 12.1 Å². The summed E-state index contributed by atoms with van der Waals surface area (Å²) in [6, 6.07) is 6.44. The lowest BCUT2D eigenvalue weighted by Crippen LogP contribution is -2.60. The van der Waals surface area contributed by atoms with Crippen molar-refractivity contribution >= 4 is 11.9 Å². The Morgan fingerprint density at radius 1 is 1.14 bits per heavy atom. The molecule has 0 saturated carbocycles. The normalized spacial score (nSPS) is 24.6. The van der Waals surface area contributed by atoms with E-state index >= 15 is 0 Å². The van der Waals surface area contributed by atoms with Crippen LogP contribution in [0.4, 0.5) is 0 Å². The first-order chi connectivity index (χ1) is 10.6. The number of benzene rings is 1. The van der Waals surface area contributed by atoms with Gasteiger partial charge in [0.05, 0.1) is 37.3 Å². The van der Waals surface area contributed by atoms with Crippen LogP contribution in [0.1, 0.15) is 22.3 Å². The molecule has 22 heavy (non-hydrogen) atoms. The molecule has 1 aromatic rings. The minimum Gasteiger partial charge on any atom is -0.478 e. The molecule has 0 aromatic heterocycles. The molecule has 2 heterocycles. The lowest BCUT2D eigenvalue weighted by Gasteiger charge is -2.43. The van der Waals surface area contributed by atoms with E-state index in [0.29, 0.717) is 33.0 Å². The second kappa shape index (κ2) is 6.06. The molecule has 2 saturated heterocycles. The van der Waals surface area contributed by atoms with Gasteiger partial charge >= 0.3 is 5.97 Å². The number of carbonyl (C=O) groups is 2. The third-order valence-corrected chi connectivity index (χ3v) is 4.34. The quantitative estimate of drug-likeness (QED) is 0.899. The van der Waals surface area contributed by atoms with Gasteiger partial charge < -0.3 is 19.5 Å². The molecule has 0 bridgehead atoms. The molecule has 118 valence electrons. The van der Waals surface area contributed by atoms with Crippen molar-refractivity contribution in [3.63, 3.8) is 0 Å². The number of aromatic carboxylic acids is 1.